The first-order chi connectivity index (χ1) is 10.5. The second-order valence-electron chi connectivity index (χ2n) is 6.59. The van der Waals surface area contributed by atoms with Gasteiger partial charge in [0, 0.05) is 11.8 Å². The predicted octanol–water partition coefficient (Wildman–Crippen LogP) is 5.22. The fourth-order valence-electron chi connectivity index (χ4n) is 4.22. The Morgan fingerprint density at radius 2 is 2.14 bits per heavy atom. The van der Waals surface area contributed by atoms with Gasteiger partial charge in [0.2, 0.25) is 0 Å². The van der Waals surface area contributed by atoms with Crippen molar-refractivity contribution >= 4 is 23.0 Å². The summed E-state index contributed by atoms with van der Waals surface area (Å²) in [6.45, 7) is 4.21. The van der Waals surface area contributed by atoms with Gasteiger partial charge >= 0.3 is 0 Å². The number of benzene rings is 1. The molecule has 1 aromatic rings. The van der Waals surface area contributed by atoms with Crippen LogP contribution in [-0.4, -0.2) is 12.9 Å². The number of ketones is 1. The van der Waals surface area contributed by atoms with Gasteiger partial charge in [-0.3, -0.25) is 4.79 Å². The molecule has 22 heavy (non-hydrogen) atoms. The fourth-order valence-corrected chi connectivity index (χ4v) is 4.53. The smallest absolute Gasteiger partial charge is 0.158 e. The molecule has 0 aromatic heterocycles. The number of ether oxygens (including phenoxy) is 1. The van der Waals surface area contributed by atoms with Crippen LogP contribution >= 0.6 is 11.6 Å². The van der Waals surface area contributed by atoms with Crippen LogP contribution in [-0.2, 0) is 11.2 Å². The van der Waals surface area contributed by atoms with E-state index >= 15 is 0 Å². The minimum Gasteiger partial charge on any atom is -0.495 e. The Kier molecular flexibility index (Phi) is 4.07. The number of rotatable bonds is 4. The standard InChI is InChI=1S/C19H23ClO2/c1-4-5-9-19-10-8-15(21)12(2)17(19)13-6-7-16(22-3)18(20)14(13)11-19/h6-7H,4-5,8-11H2,1-3H3. The molecule has 2 aliphatic rings. The van der Waals surface area contributed by atoms with Crippen molar-refractivity contribution in [2.75, 3.05) is 7.11 Å². The first-order valence-electron chi connectivity index (χ1n) is 8.14. The van der Waals surface area contributed by atoms with E-state index in [1.165, 1.54) is 29.5 Å². The molecule has 1 unspecified atom stereocenters. The number of hydrogen-bond donors (Lipinski definition) is 0. The maximum atomic E-state index is 12.3. The average molecular weight is 319 g/mol. The van der Waals surface area contributed by atoms with Crippen LogP contribution in [0.15, 0.2) is 17.7 Å². The normalized spacial score (nSPS) is 23.5. The summed E-state index contributed by atoms with van der Waals surface area (Å²) in [7, 11) is 1.65. The molecule has 1 aromatic carbocycles. The number of carbonyl (C=O) groups is 1. The van der Waals surface area contributed by atoms with Crippen molar-refractivity contribution in [3.63, 3.8) is 0 Å². The summed E-state index contributed by atoms with van der Waals surface area (Å²) in [6.07, 6.45) is 6.06. The number of allylic oxidation sites excluding steroid dienone is 2. The lowest BCUT2D eigenvalue weighted by Crippen LogP contribution is -2.28. The molecule has 0 heterocycles. The Balaban J connectivity index is 2.18. The summed E-state index contributed by atoms with van der Waals surface area (Å²) in [4.78, 5) is 12.3. The van der Waals surface area contributed by atoms with Crippen LogP contribution in [0, 0.1) is 5.41 Å². The van der Waals surface area contributed by atoms with E-state index in [2.05, 4.69) is 13.0 Å². The van der Waals surface area contributed by atoms with Gasteiger partial charge in [-0.15, -0.1) is 0 Å². The Bertz CT molecular complexity index is 660. The second kappa shape index (κ2) is 5.73. The van der Waals surface area contributed by atoms with Gasteiger partial charge in [-0.1, -0.05) is 37.4 Å². The molecule has 0 radical (unpaired) electrons. The van der Waals surface area contributed by atoms with Crippen LogP contribution in [0.5, 0.6) is 5.75 Å². The summed E-state index contributed by atoms with van der Waals surface area (Å²) in [5.41, 5.74) is 4.65. The zero-order valence-electron chi connectivity index (χ0n) is 13.6. The lowest BCUT2D eigenvalue weighted by Gasteiger charge is -2.36. The van der Waals surface area contributed by atoms with Crippen LogP contribution in [0.1, 0.15) is 57.1 Å². The Morgan fingerprint density at radius 3 is 2.82 bits per heavy atom. The highest BCUT2D eigenvalue weighted by molar-refractivity contribution is 6.33. The van der Waals surface area contributed by atoms with Gasteiger partial charge in [-0.2, -0.15) is 0 Å². The molecule has 0 saturated heterocycles. The molecular formula is C19H23ClO2. The minimum absolute atomic E-state index is 0.104. The molecule has 0 amide bonds. The SMILES string of the molecule is CCCCC12CCC(=O)C(C)=C1c1ccc(OC)c(Cl)c1C2. The van der Waals surface area contributed by atoms with E-state index in [0.29, 0.717) is 12.2 Å². The molecule has 3 heteroatoms. The first-order valence-corrected chi connectivity index (χ1v) is 8.52. The predicted molar refractivity (Wildman–Crippen MR) is 90.5 cm³/mol. The number of methoxy groups -OCH3 is 1. The highest BCUT2D eigenvalue weighted by Crippen LogP contribution is 2.58. The number of hydrogen-bond acceptors (Lipinski definition) is 2. The van der Waals surface area contributed by atoms with Crippen LogP contribution in [0.4, 0.5) is 0 Å². The fraction of sp³-hybridized carbons (Fsp3) is 0.526. The van der Waals surface area contributed by atoms with E-state index in [1.54, 1.807) is 7.11 Å². The van der Waals surface area contributed by atoms with Gasteiger partial charge in [0.25, 0.3) is 0 Å². The third-order valence-corrected chi connectivity index (χ3v) is 5.79. The number of halogens is 1. The average Bonchev–Trinajstić information content (AvgIpc) is 2.86. The summed E-state index contributed by atoms with van der Waals surface area (Å²) in [5.74, 6) is 1.02. The number of fused-ring (bicyclic) bond motifs is 3. The van der Waals surface area contributed by atoms with Crippen LogP contribution in [0.25, 0.3) is 5.57 Å². The van der Waals surface area contributed by atoms with Crippen molar-refractivity contribution in [2.45, 2.75) is 52.4 Å². The summed E-state index contributed by atoms with van der Waals surface area (Å²) >= 11 is 6.57. The summed E-state index contributed by atoms with van der Waals surface area (Å²) in [5, 5.41) is 0.720. The minimum atomic E-state index is 0.104. The van der Waals surface area contributed by atoms with E-state index < -0.39 is 0 Å². The molecule has 1 atom stereocenters. The third-order valence-electron chi connectivity index (χ3n) is 5.38. The van der Waals surface area contributed by atoms with E-state index in [1.807, 2.05) is 13.0 Å². The summed E-state index contributed by atoms with van der Waals surface area (Å²) < 4.78 is 5.37. The van der Waals surface area contributed by atoms with Gasteiger partial charge in [0.1, 0.15) is 5.75 Å². The second-order valence-corrected chi connectivity index (χ2v) is 6.97. The van der Waals surface area contributed by atoms with Crippen molar-refractivity contribution in [3.8, 4) is 5.75 Å². The molecule has 118 valence electrons. The molecule has 0 fully saturated rings. The Hall–Kier alpha value is -1.28. The molecule has 0 aliphatic heterocycles. The van der Waals surface area contributed by atoms with Crippen molar-refractivity contribution in [1.29, 1.82) is 0 Å². The highest BCUT2D eigenvalue weighted by atomic mass is 35.5. The first kappa shape index (κ1) is 15.6. The zero-order chi connectivity index (χ0) is 15.9. The maximum absolute atomic E-state index is 12.3. The quantitative estimate of drug-likeness (QED) is 0.761. The largest absolute Gasteiger partial charge is 0.495 e. The van der Waals surface area contributed by atoms with Crippen molar-refractivity contribution < 1.29 is 9.53 Å². The molecular weight excluding hydrogens is 296 g/mol. The van der Waals surface area contributed by atoms with E-state index in [-0.39, 0.29) is 5.41 Å². The van der Waals surface area contributed by atoms with Gasteiger partial charge in [0.15, 0.2) is 5.78 Å². The molecule has 0 spiro atoms. The molecule has 0 N–H and O–H groups in total. The van der Waals surface area contributed by atoms with Crippen molar-refractivity contribution in [3.05, 3.63) is 33.9 Å². The van der Waals surface area contributed by atoms with E-state index in [9.17, 15) is 4.79 Å². The zero-order valence-corrected chi connectivity index (χ0v) is 14.3. The van der Waals surface area contributed by atoms with Crippen molar-refractivity contribution in [1.82, 2.24) is 0 Å². The summed E-state index contributed by atoms with van der Waals surface area (Å²) in [6, 6.07) is 4.02. The molecule has 0 bridgehead atoms. The molecule has 0 saturated carbocycles. The lowest BCUT2D eigenvalue weighted by atomic mass is 9.67. The van der Waals surface area contributed by atoms with Gasteiger partial charge in [0.05, 0.1) is 12.1 Å². The molecule has 3 rings (SSSR count). The van der Waals surface area contributed by atoms with E-state index in [4.69, 9.17) is 16.3 Å². The highest BCUT2D eigenvalue weighted by Gasteiger charge is 2.46. The van der Waals surface area contributed by atoms with Gasteiger partial charge in [-0.05, 0) is 54.5 Å². The number of carbonyl (C=O) groups excluding carboxylic acids is 1. The molecule has 2 aliphatic carbocycles. The monoisotopic (exact) mass is 318 g/mol. The maximum Gasteiger partial charge on any atom is 0.158 e. The van der Waals surface area contributed by atoms with Crippen LogP contribution < -0.4 is 4.74 Å². The van der Waals surface area contributed by atoms with Gasteiger partial charge in [-0.25, -0.2) is 0 Å². The topological polar surface area (TPSA) is 26.3 Å². The van der Waals surface area contributed by atoms with Crippen LogP contribution in [0.3, 0.4) is 0 Å². The third kappa shape index (κ3) is 2.20. The number of unbranched alkanes of at least 4 members (excludes halogenated alkanes) is 1. The Labute approximate surface area is 137 Å². The van der Waals surface area contributed by atoms with E-state index in [0.717, 1.165) is 35.6 Å². The Morgan fingerprint density at radius 1 is 1.36 bits per heavy atom. The van der Waals surface area contributed by atoms with Gasteiger partial charge < -0.3 is 4.74 Å². The van der Waals surface area contributed by atoms with Crippen molar-refractivity contribution in [2.24, 2.45) is 5.41 Å². The lowest BCUT2D eigenvalue weighted by molar-refractivity contribution is -0.116. The van der Waals surface area contributed by atoms with Crippen LogP contribution in [0.2, 0.25) is 5.02 Å². The molecule has 2 nitrogen and oxygen atoms in total. The number of Topliss-reactive ketones (excluding diaryl/α,β-unsaturated/α-hetero) is 1.